The minimum Gasteiger partial charge on any atom is -0.478 e. The molecule has 0 heterocycles. The molecule has 1 aliphatic carbocycles. The molecule has 0 bridgehead atoms. The number of rotatable bonds is 8. The second-order valence-corrected chi connectivity index (χ2v) is 10.6. The number of carbonyl (C=O) groups excluding carboxylic acids is 1. The van der Waals surface area contributed by atoms with Crippen molar-refractivity contribution in [1.29, 1.82) is 0 Å². The van der Waals surface area contributed by atoms with E-state index in [1.54, 1.807) is 18.2 Å². The molecule has 45 heavy (non-hydrogen) atoms. The largest absolute Gasteiger partial charge is 0.478 e. The van der Waals surface area contributed by atoms with Crippen LogP contribution in [0.4, 0.5) is 13.2 Å². The number of carboxylic acid groups (broad SMARTS) is 3. The Kier molecular flexibility index (Phi) is 8.45. The summed E-state index contributed by atoms with van der Waals surface area (Å²) >= 11 is 0. The number of fused-ring (bicyclic) bond motifs is 1. The molecule has 0 fully saturated rings. The standard InChI is InChI=1S/C34H26F3NO7/c35-34(36,37)28-10-4-3-8-22(28)21-14-12-19(13-15-21)18-38(29-11-5-7-20-6-1-2-9-23(20)29)30(39)24-16-26(32(42)43)27(33(44)45)17-25(24)31(40)41/h1-4,6,8-10,12-17,29H,5,7,11,18H2,(H,40,41)(H,42,43)(H,44,45)/t29-/m0/s1. The molecule has 8 nitrogen and oxygen atoms in total. The maximum atomic E-state index is 14.3. The lowest BCUT2D eigenvalue weighted by molar-refractivity contribution is -0.137. The Balaban J connectivity index is 1.60. The molecule has 1 aliphatic rings. The van der Waals surface area contributed by atoms with Gasteiger partial charge in [0.1, 0.15) is 0 Å². The lowest BCUT2D eigenvalue weighted by Gasteiger charge is -2.36. The fraction of sp³-hybridized carbons (Fsp3) is 0.176. The molecule has 0 aliphatic heterocycles. The first-order chi connectivity index (χ1) is 21.4. The third-order valence-corrected chi connectivity index (χ3v) is 7.90. The smallest absolute Gasteiger partial charge is 0.417 e. The van der Waals surface area contributed by atoms with Crippen LogP contribution in [-0.4, -0.2) is 44.0 Å². The Hall–Kier alpha value is -5.45. The second kappa shape index (κ2) is 12.3. The van der Waals surface area contributed by atoms with Crippen LogP contribution in [0.25, 0.3) is 11.1 Å². The summed E-state index contributed by atoms with van der Waals surface area (Å²) in [6.45, 7) is -0.0961. The minimum atomic E-state index is -4.57. The van der Waals surface area contributed by atoms with Crippen molar-refractivity contribution in [3.8, 4) is 11.1 Å². The lowest BCUT2D eigenvalue weighted by atomic mass is 9.86. The summed E-state index contributed by atoms with van der Waals surface area (Å²) in [4.78, 5) is 51.6. The van der Waals surface area contributed by atoms with Gasteiger partial charge in [0.25, 0.3) is 5.91 Å². The number of amides is 1. The number of aromatic carboxylic acids is 3. The van der Waals surface area contributed by atoms with Gasteiger partial charge in [-0.2, -0.15) is 13.2 Å². The minimum absolute atomic E-state index is 0.0171. The zero-order valence-electron chi connectivity index (χ0n) is 23.5. The van der Waals surface area contributed by atoms with Crippen LogP contribution in [0.15, 0.2) is 84.9 Å². The topological polar surface area (TPSA) is 132 Å². The fourth-order valence-electron chi connectivity index (χ4n) is 5.81. The van der Waals surface area contributed by atoms with Crippen molar-refractivity contribution in [1.82, 2.24) is 4.90 Å². The molecule has 4 aromatic rings. The summed E-state index contributed by atoms with van der Waals surface area (Å²) in [5.74, 6) is -5.77. The predicted molar refractivity (Wildman–Crippen MR) is 156 cm³/mol. The maximum absolute atomic E-state index is 14.3. The van der Waals surface area contributed by atoms with Crippen LogP contribution in [0.3, 0.4) is 0 Å². The molecule has 0 unspecified atom stereocenters. The summed E-state index contributed by atoms with van der Waals surface area (Å²) in [7, 11) is 0. The zero-order chi connectivity index (χ0) is 32.5. The summed E-state index contributed by atoms with van der Waals surface area (Å²) in [5, 5.41) is 29.1. The Bertz CT molecular complexity index is 1820. The average molecular weight is 618 g/mol. The fourth-order valence-corrected chi connectivity index (χ4v) is 5.81. The van der Waals surface area contributed by atoms with Gasteiger partial charge in [0.05, 0.1) is 33.9 Å². The number of carbonyl (C=O) groups is 4. The number of alkyl halides is 3. The molecule has 1 amide bonds. The van der Waals surface area contributed by atoms with Gasteiger partial charge in [-0.3, -0.25) is 4.79 Å². The van der Waals surface area contributed by atoms with Crippen molar-refractivity contribution < 1.29 is 47.7 Å². The third kappa shape index (κ3) is 6.28. The van der Waals surface area contributed by atoms with Gasteiger partial charge in [-0.15, -0.1) is 0 Å². The highest BCUT2D eigenvalue weighted by molar-refractivity contribution is 6.10. The Morgan fingerprint density at radius 1 is 0.733 bits per heavy atom. The van der Waals surface area contributed by atoms with Crippen LogP contribution >= 0.6 is 0 Å². The number of halogens is 3. The van der Waals surface area contributed by atoms with E-state index in [-0.39, 0.29) is 12.1 Å². The van der Waals surface area contributed by atoms with Gasteiger partial charge in [-0.05, 0) is 65.3 Å². The van der Waals surface area contributed by atoms with Crippen molar-refractivity contribution in [3.05, 3.63) is 129 Å². The van der Waals surface area contributed by atoms with Crippen molar-refractivity contribution >= 4 is 23.8 Å². The number of aryl methyl sites for hydroxylation is 1. The van der Waals surface area contributed by atoms with Crippen molar-refractivity contribution in [2.24, 2.45) is 0 Å². The normalized spacial score (nSPS) is 14.3. The van der Waals surface area contributed by atoms with E-state index in [2.05, 4.69) is 0 Å². The van der Waals surface area contributed by atoms with E-state index >= 15 is 0 Å². The number of hydrogen-bond donors (Lipinski definition) is 3. The van der Waals surface area contributed by atoms with E-state index in [0.717, 1.165) is 29.7 Å². The van der Waals surface area contributed by atoms with Gasteiger partial charge in [0.2, 0.25) is 0 Å². The molecule has 5 rings (SSSR count). The van der Waals surface area contributed by atoms with Crippen molar-refractivity contribution in [3.63, 3.8) is 0 Å². The van der Waals surface area contributed by atoms with E-state index in [1.807, 2.05) is 18.2 Å². The maximum Gasteiger partial charge on any atom is 0.417 e. The molecule has 11 heteroatoms. The SMILES string of the molecule is O=C(O)c1cc(C(=O)O)c(C(=O)N(Cc2ccc(-c3ccccc3C(F)(F)F)cc2)[C@H]2CCCc3ccccc32)cc1C(=O)O. The van der Waals surface area contributed by atoms with E-state index in [0.29, 0.717) is 30.0 Å². The molecule has 4 aromatic carbocycles. The molecule has 0 saturated carbocycles. The second-order valence-electron chi connectivity index (χ2n) is 10.6. The molecule has 1 atom stereocenters. The molecule has 230 valence electrons. The van der Waals surface area contributed by atoms with Gasteiger partial charge in [0, 0.05) is 6.54 Å². The molecule has 0 saturated heterocycles. The van der Waals surface area contributed by atoms with Gasteiger partial charge < -0.3 is 20.2 Å². The molecule has 0 aromatic heterocycles. The summed E-state index contributed by atoms with van der Waals surface area (Å²) < 4.78 is 40.9. The van der Waals surface area contributed by atoms with Crippen LogP contribution < -0.4 is 0 Å². The molecule has 3 N–H and O–H groups in total. The molecular weight excluding hydrogens is 591 g/mol. The average Bonchev–Trinajstić information content (AvgIpc) is 3.02. The third-order valence-electron chi connectivity index (χ3n) is 7.90. The van der Waals surface area contributed by atoms with E-state index in [4.69, 9.17) is 0 Å². The number of hydrogen-bond acceptors (Lipinski definition) is 4. The number of carboxylic acids is 3. The van der Waals surface area contributed by atoms with Gasteiger partial charge in [-0.1, -0.05) is 66.7 Å². The van der Waals surface area contributed by atoms with Gasteiger partial charge in [0.15, 0.2) is 0 Å². The Morgan fingerprint density at radius 2 is 1.29 bits per heavy atom. The predicted octanol–water partition coefficient (Wildman–Crippen LogP) is 7.19. The molecule has 0 spiro atoms. The van der Waals surface area contributed by atoms with Crippen LogP contribution in [0.1, 0.15) is 82.6 Å². The first-order valence-electron chi connectivity index (χ1n) is 13.9. The number of benzene rings is 4. The highest BCUT2D eigenvalue weighted by atomic mass is 19.4. The first kappa shape index (κ1) is 31.0. The number of nitrogens with zero attached hydrogens (tertiary/aromatic N) is 1. The quantitative estimate of drug-likeness (QED) is 0.191. The zero-order valence-corrected chi connectivity index (χ0v) is 23.5. The molecular formula is C34H26F3NO7. The summed E-state index contributed by atoms with van der Waals surface area (Å²) in [6, 6.07) is 19.6. The molecule has 0 radical (unpaired) electrons. The van der Waals surface area contributed by atoms with Gasteiger partial charge >= 0.3 is 24.1 Å². The Labute approximate surface area is 255 Å². The highest BCUT2D eigenvalue weighted by Crippen LogP contribution is 2.39. The van der Waals surface area contributed by atoms with E-state index in [9.17, 15) is 47.7 Å². The monoisotopic (exact) mass is 617 g/mol. The van der Waals surface area contributed by atoms with Gasteiger partial charge in [-0.25, -0.2) is 14.4 Å². The van der Waals surface area contributed by atoms with Crippen molar-refractivity contribution in [2.45, 2.75) is 38.0 Å². The summed E-state index contributed by atoms with van der Waals surface area (Å²) in [6.07, 6.45) is -2.62. The highest BCUT2D eigenvalue weighted by Gasteiger charge is 2.35. The summed E-state index contributed by atoms with van der Waals surface area (Å²) in [5.41, 5.74) is -0.868. The first-order valence-corrected chi connectivity index (χ1v) is 13.9. The van der Waals surface area contributed by atoms with Crippen LogP contribution in [0, 0.1) is 0 Å². The van der Waals surface area contributed by atoms with E-state index < -0.39 is 63.9 Å². The van der Waals surface area contributed by atoms with Crippen LogP contribution in [0.2, 0.25) is 0 Å². The Morgan fingerprint density at radius 3 is 1.91 bits per heavy atom. The van der Waals surface area contributed by atoms with Crippen LogP contribution in [-0.2, 0) is 19.1 Å². The van der Waals surface area contributed by atoms with E-state index in [1.165, 1.54) is 35.2 Å². The van der Waals surface area contributed by atoms with Crippen molar-refractivity contribution in [2.75, 3.05) is 0 Å². The lowest BCUT2D eigenvalue weighted by Crippen LogP contribution is -2.37. The van der Waals surface area contributed by atoms with Crippen LogP contribution in [0.5, 0.6) is 0 Å².